The fourth-order valence-corrected chi connectivity index (χ4v) is 3.44. The second-order valence-corrected chi connectivity index (χ2v) is 7.60. The molecular formula is C24H23F2N7O2. The molecule has 180 valence electrons. The third-order valence-electron chi connectivity index (χ3n) is 5.25. The molecule has 2 aromatic heterocycles. The van der Waals surface area contributed by atoms with Gasteiger partial charge in [0.25, 0.3) is 12.3 Å². The van der Waals surface area contributed by atoms with Crippen LogP contribution in [-0.2, 0) is 6.61 Å². The number of aromatic nitrogens is 4. The van der Waals surface area contributed by atoms with Crippen LogP contribution in [-0.4, -0.2) is 37.8 Å². The lowest BCUT2D eigenvalue weighted by Crippen LogP contribution is -2.14. The zero-order chi connectivity index (χ0) is 24.9. The number of benzene rings is 2. The van der Waals surface area contributed by atoms with Crippen molar-refractivity contribution in [2.45, 2.75) is 20.0 Å². The van der Waals surface area contributed by atoms with Crippen LogP contribution < -0.4 is 16.0 Å². The van der Waals surface area contributed by atoms with E-state index in [1.807, 2.05) is 6.92 Å². The van der Waals surface area contributed by atoms with Gasteiger partial charge in [-0.1, -0.05) is 24.3 Å². The minimum absolute atomic E-state index is 0.0904. The van der Waals surface area contributed by atoms with E-state index >= 15 is 0 Å². The molecule has 4 rings (SSSR count). The van der Waals surface area contributed by atoms with Gasteiger partial charge in [0.1, 0.15) is 18.0 Å². The van der Waals surface area contributed by atoms with E-state index in [0.717, 1.165) is 5.56 Å². The third kappa shape index (κ3) is 5.25. The third-order valence-corrected chi connectivity index (χ3v) is 5.25. The molecule has 2 aromatic carbocycles. The van der Waals surface area contributed by atoms with E-state index < -0.39 is 12.3 Å². The molecule has 2 heterocycles. The first-order valence-corrected chi connectivity index (χ1v) is 10.7. The average Bonchev–Trinajstić information content (AvgIpc) is 3.29. The summed E-state index contributed by atoms with van der Waals surface area (Å²) in [6, 6.07) is 14.1. The monoisotopic (exact) mass is 479 g/mol. The fourth-order valence-electron chi connectivity index (χ4n) is 3.44. The maximum Gasteiger partial charge on any atom is 0.264 e. The number of rotatable bonds is 8. The summed E-state index contributed by atoms with van der Waals surface area (Å²) < 4.78 is 28.2. The van der Waals surface area contributed by atoms with Crippen molar-refractivity contribution in [1.29, 1.82) is 0 Å². The van der Waals surface area contributed by atoms with E-state index in [1.54, 1.807) is 37.4 Å². The highest BCUT2D eigenvalue weighted by Crippen LogP contribution is 2.28. The van der Waals surface area contributed by atoms with Crippen LogP contribution in [0.1, 0.15) is 33.6 Å². The Morgan fingerprint density at radius 2 is 1.91 bits per heavy atom. The summed E-state index contributed by atoms with van der Waals surface area (Å²) in [5.74, 6) is 0.942. The molecule has 0 spiro atoms. The molecule has 4 aromatic rings. The number of hydrogen-bond acceptors (Lipinski definition) is 7. The number of carbonyl (C=O) groups is 1. The van der Waals surface area contributed by atoms with Gasteiger partial charge in [0, 0.05) is 41.7 Å². The number of aliphatic hydroxyl groups is 1. The van der Waals surface area contributed by atoms with Gasteiger partial charge in [-0.15, -0.1) is 0 Å². The standard InChI is InChI=1S/C24H23F2N7O2/c1-14-7-8-15(30-24(35)18-6-4-3-5-17(18)23(25)26)9-19(14)31-22-10-16(12-34)32-33(22)21-11-20(27-2)28-13-29-21/h3-11,13,23,31,34H,12H2,1-2H3,(H,30,35)(H,27,28,29). The summed E-state index contributed by atoms with van der Waals surface area (Å²) >= 11 is 0. The molecule has 0 aliphatic rings. The smallest absolute Gasteiger partial charge is 0.264 e. The Labute approximate surface area is 199 Å². The molecule has 0 saturated heterocycles. The maximum atomic E-state index is 13.3. The lowest BCUT2D eigenvalue weighted by atomic mass is 10.1. The minimum Gasteiger partial charge on any atom is -0.390 e. The number of anilines is 4. The Morgan fingerprint density at radius 3 is 2.66 bits per heavy atom. The lowest BCUT2D eigenvalue weighted by molar-refractivity contribution is 0.101. The van der Waals surface area contributed by atoms with Crippen molar-refractivity contribution in [2.75, 3.05) is 23.0 Å². The molecule has 0 aliphatic heterocycles. The Bertz CT molecular complexity index is 1360. The van der Waals surface area contributed by atoms with E-state index in [2.05, 4.69) is 31.0 Å². The highest BCUT2D eigenvalue weighted by molar-refractivity contribution is 6.05. The van der Waals surface area contributed by atoms with Crippen molar-refractivity contribution in [1.82, 2.24) is 19.7 Å². The van der Waals surface area contributed by atoms with Crippen LogP contribution >= 0.6 is 0 Å². The zero-order valence-corrected chi connectivity index (χ0v) is 19.0. The van der Waals surface area contributed by atoms with Crippen LogP contribution in [0.2, 0.25) is 0 Å². The molecule has 0 unspecified atom stereocenters. The minimum atomic E-state index is -2.77. The maximum absolute atomic E-state index is 13.3. The van der Waals surface area contributed by atoms with Gasteiger partial charge in [0.2, 0.25) is 0 Å². The number of amides is 1. The highest BCUT2D eigenvalue weighted by atomic mass is 19.3. The van der Waals surface area contributed by atoms with E-state index in [4.69, 9.17) is 0 Å². The second kappa shape index (κ2) is 10.3. The SMILES string of the molecule is CNc1cc(-n2nc(CO)cc2Nc2cc(NC(=O)c3ccccc3C(F)F)ccc2C)ncn1. The van der Waals surface area contributed by atoms with E-state index in [1.165, 1.54) is 35.3 Å². The number of alkyl halides is 2. The molecule has 35 heavy (non-hydrogen) atoms. The number of hydrogen-bond donors (Lipinski definition) is 4. The molecule has 0 aliphatic carbocycles. The topological polar surface area (TPSA) is 117 Å². The summed E-state index contributed by atoms with van der Waals surface area (Å²) in [6.07, 6.45) is -1.37. The van der Waals surface area contributed by atoms with Gasteiger partial charge in [-0.3, -0.25) is 4.79 Å². The summed E-state index contributed by atoms with van der Waals surface area (Å²) in [5.41, 5.74) is 1.91. The summed E-state index contributed by atoms with van der Waals surface area (Å²) in [4.78, 5) is 21.1. The average molecular weight is 479 g/mol. The molecule has 0 radical (unpaired) electrons. The largest absolute Gasteiger partial charge is 0.390 e. The van der Waals surface area contributed by atoms with Crippen molar-refractivity contribution < 1.29 is 18.7 Å². The van der Waals surface area contributed by atoms with Gasteiger partial charge in [0.15, 0.2) is 5.82 Å². The Hall–Kier alpha value is -4.38. The second-order valence-electron chi connectivity index (χ2n) is 7.60. The normalized spacial score (nSPS) is 10.9. The summed E-state index contributed by atoms with van der Waals surface area (Å²) in [7, 11) is 1.73. The van der Waals surface area contributed by atoms with Crippen LogP contribution in [0.15, 0.2) is 60.9 Å². The number of aliphatic hydroxyl groups excluding tert-OH is 1. The number of carbonyl (C=O) groups excluding carboxylic acids is 1. The van der Waals surface area contributed by atoms with E-state index in [-0.39, 0.29) is 17.7 Å². The number of nitrogens with one attached hydrogen (secondary N) is 3. The van der Waals surface area contributed by atoms with Crippen LogP contribution in [0, 0.1) is 6.92 Å². The molecule has 11 heteroatoms. The van der Waals surface area contributed by atoms with Gasteiger partial charge in [-0.05, 0) is 30.7 Å². The van der Waals surface area contributed by atoms with Crippen LogP contribution in [0.25, 0.3) is 5.82 Å². The van der Waals surface area contributed by atoms with Crippen molar-refractivity contribution in [2.24, 2.45) is 0 Å². The van der Waals surface area contributed by atoms with Gasteiger partial charge >= 0.3 is 0 Å². The number of halogens is 2. The van der Waals surface area contributed by atoms with Crippen molar-refractivity contribution in [3.63, 3.8) is 0 Å². The molecule has 0 bridgehead atoms. The first kappa shape index (κ1) is 23.8. The fraction of sp³-hybridized carbons (Fsp3) is 0.167. The van der Waals surface area contributed by atoms with Gasteiger partial charge in [-0.2, -0.15) is 9.78 Å². The van der Waals surface area contributed by atoms with Crippen molar-refractivity contribution in [3.05, 3.63) is 83.3 Å². The molecule has 4 N–H and O–H groups in total. The van der Waals surface area contributed by atoms with Crippen LogP contribution in [0.5, 0.6) is 0 Å². The molecular weight excluding hydrogens is 456 g/mol. The summed E-state index contributed by atoms with van der Waals surface area (Å²) in [5, 5.41) is 22.9. The zero-order valence-electron chi connectivity index (χ0n) is 19.0. The number of nitrogens with zero attached hydrogens (tertiary/aromatic N) is 4. The van der Waals surface area contributed by atoms with Gasteiger partial charge in [0.05, 0.1) is 12.3 Å². The first-order valence-electron chi connectivity index (χ1n) is 10.7. The quantitative estimate of drug-likeness (QED) is 0.295. The van der Waals surface area contributed by atoms with Crippen LogP contribution in [0.3, 0.4) is 0 Å². The Balaban J connectivity index is 1.63. The first-order chi connectivity index (χ1) is 16.9. The van der Waals surface area contributed by atoms with Crippen molar-refractivity contribution in [3.8, 4) is 5.82 Å². The predicted molar refractivity (Wildman–Crippen MR) is 128 cm³/mol. The van der Waals surface area contributed by atoms with E-state index in [0.29, 0.717) is 34.5 Å². The Kier molecular flexibility index (Phi) is 6.97. The molecule has 9 nitrogen and oxygen atoms in total. The molecule has 0 atom stereocenters. The predicted octanol–water partition coefficient (Wildman–Crippen LogP) is 4.44. The van der Waals surface area contributed by atoms with Crippen molar-refractivity contribution >= 4 is 28.9 Å². The number of aryl methyl sites for hydroxylation is 1. The van der Waals surface area contributed by atoms with Gasteiger partial charge < -0.3 is 21.1 Å². The van der Waals surface area contributed by atoms with Gasteiger partial charge in [-0.25, -0.2) is 18.7 Å². The Morgan fingerprint density at radius 1 is 1.11 bits per heavy atom. The van der Waals surface area contributed by atoms with E-state index in [9.17, 15) is 18.7 Å². The molecule has 1 amide bonds. The highest BCUT2D eigenvalue weighted by Gasteiger charge is 2.18. The lowest BCUT2D eigenvalue weighted by Gasteiger charge is -2.14. The molecule has 0 saturated carbocycles. The summed E-state index contributed by atoms with van der Waals surface area (Å²) in [6.45, 7) is 1.60. The molecule has 0 fully saturated rings. The van der Waals surface area contributed by atoms with Crippen LogP contribution in [0.4, 0.5) is 31.8 Å².